The highest BCUT2D eigenvalue weighted by molar-refractivity contribution is 5.73. The third-order valence-corrected chi connectivity index (χ3v) is 6.80. The zero-order valence-electron chi connectivity index (χ0n) is 18.7. The van der Waals surface area contributed by atoms with Gasteiger partial charge in [-0.25, -0.2) is 0 Å². The number of benzene rings is 1. The number of hydrogen-bond donors (Lipinski definition) is 0. The largest absolute Gasteiger partial charge is 0.493 e. The molecule has 0 radical (unpaired) electrons. The van der Waals surface area contributed by atoms with E-state index >= 15 is 0 Å². The summed E-state index contributed by atoms with van der Waals surface area (Å²) in [5, 5.41) is 0. The molecule has 1 aliphatic rings. The maximum absolute atomic E-state index is 6.06. The molecule has 1 atom stereocenters. The molecule has 1 aromatic carbocycles. The van der Waals surface area contributed by atoms with Crippen molar-refractivity contribution < 1.29 is 4.74 Å². The standard InChI is InChI=1S/C27H39NO/c1-4-6-7-10-22-13-15-23(16-14-22)21(3)26-20-28-18-17-24(26)25-11-8-9-12-27(25)29-19-5-2/h8-9,11-12,17-18,20-23H,4-7,10,13-16,19H2,1-3H3. The molecule has 29 heavy (non-hydrogen) atoms. The fraction of sp³-hybridized carbons (Fsp3) is 0.593. The SMILES string of the molecule is CCCCCC1CCC(C(C)c2cnccc2-c2ccccc2OCCC)CC1. The average molecular weight is 394 g/mol. The number of ether oxygens (including phenoxy) is 1. The summed E-state index contributed by atoms with van der Waals surface area (Å²) in [7, 11) is 0. The third kappa shape index (κ3) is 5.84. The molecule has 2 heteroatoms. The molecular formula is C27H39NO. The number of unbranched alkanes of at least 4 members (excludes halogenated alkanes) is 2. The molecule has 0 amide bonds. The van der Waals surface area contributed by atoms with Gasteiger partial charge >= 0.3 is 0 Å². The molecule has 1 saturated carbocycles. The topological polar surface area (TPSA) is 22.1 Å². The van der Waals surface area contributed by atoms with Gasteiger partial charge in [-0.05, 0) is 60.3 Å². The first-order chi connectivity index (χ1) is 14.2. The minimum Gasteiger partial charge on any atom is -0.493 e. The van der Waals surface area contributed by atoms with Crippen molar-refractivity contribution in [2.75, 3.05) is 6.61 Å². The van der Waals surface area contributed by atoms with Crippen molar-refractivity contribution in [2.45, 2.75) is 84.5 Å². The number of para-hydroxylation sites is 1. The molecule has 0 saturated heterocycles. The summed E-state index contributed by atoms with van der Waals surface area (Å²) < 4.78 is 6.06. The molecule has 1 aliphatic carbocycles. The van der Waals surface area contributed by atoms with Gasteiger partial charge < -0.3 is 4.74 Å². The molecule has 0 aliphatic heterocycles. The normalized spacial score (nSPS) is 20.4. The van der Waals surface area contributed by atoms with Gasteiger partial charge in [0.15, 0.2) is 0 Å². The second kappa shape index (κ2) is 11.4. The predicted molar refractivity (Wildman–Crippen MR) is 123 cm³/mol. The van der Waals surface area contributed by atoms with E-state index < -0.39 is 0 Å². The quantitative estimate of drug-likeness (QED) is 0.381. The lowest BCUT2D eigenvalue weighted by molar-refractivity contribution is 0.236. The molecule has 1 aromatic heterocycles. The lowest BCUT2D eigenvalue weighted by Gasteiger charge is -2.33. The molecule has 158 valence electrons. The maximum atomic E-state index is 6.06. The summed E-state index contributed by atoms with van der Waals surface area (Å²) in [6, 6.07) is 10.7. The predicted octanol–water partition coefficient (Wildman–Crippen LogP) is 8.03. The van der Waals surface area contributed by atoms with Gasteiger partial charge in [-0.15, -0.1) is 0 Å². The molecule has 1 heterocycles. The Morgan fingerprint density at radius 1 is 0.966 bits per heavy atom. The monoisotopic (exact) mass is 393 g/mol. The summed E-state index contributed by atoms with van der Waals surface area (Å²) in [6.45, 7) is 7.63. The summed E-state index contributed by atoms with van der Waals surface area (Å²) in [5.74, 6) is 3.26. The van der Waals surface area contributed by atoms with E-state index in [1.54, 1.807) is 0 Å². The summed E-state index contributed by atoms with van der Waals surface area (Å²) >= 11 is 0. The number of hydrogen-bond acceptors (Lipinski definition) is 2. The van der Waals surface area contributed by atoms with Gasteiger partial charge in [-0.3, -0.25) is 4.98 Å². The second-order valence-electron chi connectivity index (χ2n) is 8.87. The van der Waals surface area contributed by atoms with Crippen molar-refractivity contribution in [1.82, 2.24) is 4.98 Å². The highest BCUT2D eigenvalue weighted by Gasteiger charge is 2.27. The Kier molecular flexibility index (Phi) is 8.58. The van der Waals surface area contributed by atoms with Crippen molar-refractivity contribution in [3.8, 4) is 16.9 Å². The van der Waals surface area contributed by atoms with Crippen LogP contribution in [0.1, 0.15) is 90.0 Å². The van der Waals surface area contributed by atoms with Crippen molar-refractivity contribution in [3.05, 3.63) is 48.3 Å². The van der Waals surface area contributed by atoms with Gasteiger partial charge in [0, 0.05) is 18.0 Å². The van der Waals surface area contributed by atoms with Gasteiger partial charge in [-0.1, -0.05) is 77.5 Å². The number of pyridine rings is 1. The Bertz CT molecular complexity index is 733. The fourth-order valence-electron chi connectivity index (χ4n) is 4.96. The number of aromatic nitrogens is 1. The summed E-state index contributed by atoms with van der Waals surface area (Å²) in [4.78, 5) is 4.50. The zero-order chi connectivity index (χ0) is 20.5. The average Bonchev–Trinajstić information content (AvgIpc) is 2.78. The van der Waals surface area contributed by atoms with Crippen LogP contribution in [-0.4, -0.2) is 11.6 Å². The molecule has 1 fully saturated rings. The molecular weight excluding hydrogens is 354 g/mol. The van der Waals surface area contributed by atoms with Crippen LogP contribution >= 0.6 is 0 Å². The van der Waals surface area contributed by atoms with Crippen LogP contribution in [0, 0.1) is 11.8 Å². The van der Waals surface area contributed by atoms with Crippen LogP contribution in [0.5, 0.6) is 5.75 Å². The minimum atomic E-state index is 0.537. The lowest BCUT2D eigenvalue weighted by Crippen LogP contribution is -2.19. The Balaban J connectivity index is 1.73. The van der Waals surface area contributed by atoms with E-state index in [-0.39, 0.29) is 0 Å². The molecule has 2 nitrogen and oxygen atoms in total. The van der Waals surface area contributed by atoms with Crippen molar-refractivity contribution in [2.24, 2.45) is 11.8 Å². The Labute approximate surface area is 178 Å². The van der Waals surface area contributed by atoms with Gasteiger partial charge in [-0.2, -0.15) is 0 Å². The van der Waals surface area contributed by atoms with Gasteiger partial charge in [0.05, 0.1) is 6.61 Å². The van der Waals surface area contributed by atoms with Crippen molar-refractivity contribution in [1.29, 1.82) is 0 Å². The van der Waals surface area contributed by atoms with Crippen LogP contribution in [0.3, 0.4) is 0 Å². The van der Waals surface area contributed by atoms with E-state index in [2.05, 4.69) is 62.3 Å². The van der Waals surface area contributed by atoms with Crippen LogP contribution in [-0.2, 0) is 0 Å². The number of nitrogens with zero attached hydrogens (tertiary/aromatic N) is 1. The van der Waals surface area contributed by atoms with E-state index in [0.29, 0.717) is 5.92 Å². The van der Waals surface area contributed by atoms with Crippen molar-refractivity contribution in [3.63, 3.8) is 0 Å². The van der Waals surface area contributed by atoms with Crippen molar-refractivity contribution >= 4 is 0 Å². The Morgan fingerprint density at radius 3 is 2.52 bits per heavy atom. The first-order valence-corrected chi connectivity index (χ1v) is 11.9. The van der Waals surface area contributed by atoms with E-state index in [1.165, 1.54) is 68.1 Å². The Morgan fingerprint density at radius 2 is 1.76 bits per heavy atom. The van der Waals surface area contributed by atoms with Gasteiger partial charge in [0.25, 0.3) is 0 Å². The Hall–Kier alpha value is -1.83. The van der Waals surface area contributed by atoms with Crippen LogP contribution in [0.25, 0.3) is 11.1 Å². The summed E-state index contributed by atoms with van der Waals surface area (Å²) in [6.07, 6.45) is 16.2. The first-order valence-electron chi connectivity index (χ1n) is 11.9. The van der Waals surface area contributed by atoms with Crippen LogP contribution in [0.2, 0.25) is 0 Å². The number of rotatable bonds is 10. The fourth-order valence-corrected chi connectivity index (χ4v) is 4.96. The summed E-state index contributed by atoms with van der Waals surface area (Å²) in [5.41, 5.74) is 3.89. The van der Waals surface area contributed by atoms with E-state index in [9.17, 15) is 0 Å². The highest BCUT2D eigenvalue weighted by atomic mass is 16.5. The van der Waals surface area contributed by atoms with Crippen LogP contribution in [0.4, 0.5) is 0 Å². The van der Waals surface area contributed by atoms with Gasteiger partial charge in [0.1, 0.15) is 5.75 Å². The van der Waals surface area contributed by atoms with E-state index in [0.717, 1.165) is 30.6 Å². The molecule has 0 N–H and O–H groups in total. The first kappa shape index (κ1) is 21.9. The second-order valence-corrected chi connectivity index (χ2v) is 8.87. The maximum Gasteiger partial charge on any atom is 0.127 e. The van der Waals surface area contributed by atoms with Crippen LogP contribution < -0.4 is 4.74 Å². The minimum absolute atomic E-state index is 0.537. The lowest BCUT2D eigenvalue weighted by atomic mass is 9.72. The van der Waals surface area contributed by atoms with E-state index in [1.807, 2.05) is 6.20 Å². The van der Waals surface area contributed by atoms with Gasteiger partial charge in [0.2, 0.25) is 0 Å². The molecule has 2 aromatic rings. The molecule has 1 unspecified atom stereocenters. The molecule has 3 rings (SSSR count). The van der Waals surface area contributed by atoms with Crippen LogP contribution in [0.15, 0.2) is 42.7 Å². The van der Waals surface area contributed by atoms with E-state index in [4.69, 9.17) is 4.74 Å². The molecule has 0 bridgehead atoms. The zero-order valence-corrected chi connectivity index (χ0v) is 18.7. The third-order valence-electron chi connectivity index (χ3n) is 6.80. The smallest absolute Gasteiger partial charge is 0.127 e. The molecule has 0 spiro atoms. The highest BCUT2D eigenvalue weighted by Crippen LogP contribution is 2.43.